The maximum absolute atomic E-state index is 14.4. The van der Waals surface area contributed by atoms with E-state index in [2.05, 4.69) is 24.8 Å². The standard InChI is InChI=1S/C28H39FN2O7S2Si/c1-20-21(2)30-38-28(20)31(19-36-22(3)41(5,6)7)40(34,35)27-13-9-8-12-26(27)25-15-14-23(18-37-39(4,32)33)17-24(25)11-10-16-29/h8-9,12-15,17,22H,10-11,16,18-19H2,1-7H3. The highest BCUT2D eigenvalue weighted by Gasteiger charge is 2.34. The molecule has 41 heavy (non-hydrogen) atoms. The Bertz CT molecular complexity index is 1570. The van der Waals surface area contributed by atoms with Gasteiger partial charge in [-0.25, -0.2) is 12.7 Å². The first-order valence-electron chi connectivity index (χ1n) is 13.2. The summed E-state index contributed by atoms with van der Waals surface area (Å²) in [5.41, 5.74) is 3.23. The third kappa shape index (κ3) is 8.25. The molecule has 1 heterocycles. The van der Waals surface area contributed by atoms with Gasteiger partial charge in [0.2, 0.25) is 5.88 Å². The normalized spacial score (nSPS) is 13.4. The van der Waals surface area contributed by atoms with Gasteiger partial charge in [0.15, 0.2) is 0 Å². The predicted octanol–water partition coefficient (Wildman–Crippen LogP) is 5.77. The molecule has 13 heteroatoms. The molecule has 1 atom stereocenters. The SMILES string of the molecule is Cc1noc(N(COC(C)[Si](C)(C)C)S(=O)(=O)c2ccccc2-c2ccc(COS(C)(=O)=O)cc2CCCF)c1C. The number of aryl methyl sites for hydroxylation is 2. The smallest absolute Gasteiger partial charge is 0.269 e. The van der Waals surface area contributed by atoms with E-state index in [-0.39, 0.29) is 36.3 Å². The molecule has 0 N–H and O–H groups in total. The summed E-state index contributed by atoms with van der Waals surface area (Å²) in [7, 11) is -9.67. The summed E-state index contributed by atoms with van der Waals surface area (Å²) in [5, 5.41) is 3.97. The highest BCUT2D eigenvalue weighted by Crippen LogP contribution is 2.36. The van der Waals surface area contributed by atoms with Crippen LogP contribution in [0.1, 0.15) is 35.7 Å². The molecule has 0 bridgehead atoms. The van der Waals surface area contributed by atoms with Gasteiger partial charge in [-0.15, -0.1) is 0 Å². The molecule has 226 valence electrons. The van der Waals surface area contributed by atoms with Crippen LogP contribution in [0.5, 0.6) is 0 Å². The van der Waals surface area contributed by atoms with Crippen LogP contribution < -0.4 is 4.31 Å². The van der Waals surface area contributed by atoms with Crippen molar-refractivity contribution >= 4 is 34.1 Å². The van der Waals surface area contributed by atoms with Crippen molar-refractivity contribution in [3.63, 3.8) is 0 Å². The van der Waals surface area contributed by atoms with Crippen LogP contribution in [0.15, 0.2) is 51.9 Å². The van der Waals surface area contributed by atoms with Crippen molar-refractivity contribution in [2.45, 2.75) is 70.5 Å². The van der Waals surface area contributed by atoms with Crippen LogP contribution in [0.4, 0.5) is 10.3 Å². The minimum atomic E-state index is -4.25. The maximum atomic E-state index is 14.4. The van der Waals surface area contributed by atoms with Gasteiger partial charge in [-0.3, -0.25) is 8.57 Å². The molecule has 0 saturated carbocycles. The molecule has 2 aromatic carbocycles. The minimum Gasteiger partial charge on any atom is -0.360 e. The summed E-state index contributed by atoms with van der Waals surface area (Å²) in [5.74, 6) is 0.0750. The quantitative estimate of drug-likeness (QED) is 0.126. The summed E-state index contributed by atoms with van der Waals surface area (Å²) in [6.07, 6.45) is 1.49. The maximum Gasteiger partial charge on any atom is 0.269 e. The number of alkyl halides is 1. The molecule has 1 unspecified atom stereocenters. The van der Waals surface area contributed by atoms with Crippen LogP contribution in [0.2, 0.25) is 19.6 Å². The highest BCUT2D eigenvalue weighted by molar-refractivity contribution is 7.93. The first-order chi connectivity index (χ1) is 19.1. The van der Waals surface area contributed by atoms with Crippen LogP contribution in [0, 0.1) is 13.8 Å². The number of benzene rings is 2. The van der Waals surface area contributed by atoms with E-state index < -0.39 is 34.9 Å². The lowest BCUT2D eigenvalue weighted by Crippen LogP contribution is -2.42. The van der Waals surface area contributed by atoms with E-state index in [0.29, 0.717) is 39.9 Å². The van der Waals surface area contributed by atoms with Crippen molar-refractivity contribution in [1.29, 1.82) is 0 Å². The second-order valence-electron chi connectivity index (χ2n) is 11.1. The van der Waals surface area contributed by atoms with Crippen LogP contribution in [-0.4, -0.2) is 55.5 Å². The van der Waals surface area contributed by atoms with Crippen LogP contribution >= 0.6 is 0 Å². The van der Waals surface area contributed by atoms with Crippen molar-refractivity contribution in [2.75, 3.05) is 24.0 Å². The number of ether oxygens (including phenoxy) is 1. The first kappa shape index (κ1) is 32.9. The Labute approximate surface area is 243 Å². The number of halogens is 1. The number of aromatic nitrogens is 1. The second-order valence-corrected chi connectivity index (χ2v) is 20.1. The Morgan fingerprint density at radius 1 is 1.05 bits per heavy atom. The molecule has 3 aromatic rings. The zero-order valence-electron chi connectivity index (χ0n) is 24.6. The summed E-state index contributed by atoms with van der Waals surface area (Å²) < 4.78 is 82.6. The molecule has 0 spiro atoms. The third-order valence-corrected chi connectivity index (χ3v) is 11.9. The third-order valence-electron chi connectivity index (χ3n) is 6.95. The molecule has 1 aromatic heterocycles. The van der Waals surface area contributed by atoms with Gasteiger partial charge in [0.25, 0.3) is 20.1 Å². The van der Waals surface area contributed by atoms with Crippen molar-refractivity contribution in [3.05, 3.63) is 64.8 Å². The first-order valence-corrected chi connectivity index (χ1v) is 20.1. The van der Waals surface area contributed by atoms with Crippen molar-refractivity contribution in [1.82, 2.24) is 5.16 Å². The minimum absolute atomic E-state index is 0.0133. The predicted molar refractivity (Wildman–Crippen MR) is 160 cm³/mol. The van der Waals surface area contributed by atoms with Gasteiger partial charge in [0, 0.05) is 16.9 Å². The zero-order valence-corrected chi connectivity index (χ0v) is 27.2. The fraction of sp³-hybridized carbons (Fsp3) is 0.464. The number of hydrogen-bond donors (Lipinski definition) is 0. The van der Waals surface area contributed by atoms with Gasteiger partial charge in [0.05, 0.1) is 38.2 Å². The Balaban J connectivity index is 2.14. The molecule has 0 amide bonds. The molecule has 0 radical (unpaired) electrons. The average molecular weight is 627 g/mol. The lowest BCUT2D eigenvalue weighted by molar-refractivity contribution is 0.117. The van der Waals surface area contributed by atoms with Gasteiger partial charge in [0.1, 0.15) is 6.73 Å². The molecule has 0 aliphatic heterocycles. The van der Waals surface area contributed by atoms with Crippen molar-refractivity contribution in [2.24, 2.45) is 0 Å². The number of nitrogens with zero attached hydrogens (tertiary/aromatic N) is 2. The monoisotopic (exact) mass is 626 g/mol. The molecular weight excluding hydrogens is 588 g/mol. The molecule has 0 aliphatic carbocycles. The van der Waals surface area contributed by atoms with Crippen LogP contribution in [-0.2, 0) is 42.1 Å². The van der Waals surface area contributed by atoms with E-state index in [1.807, 2.05) is 6.92 Å². The Hall–Kier alpha value is -2.58. The molecule has 0 aliphatic rings. The highest BCUT2D eigenvalue weighted by atomic mass is 32.2. The largest absolute Gasteiger partial charge is 0.360 e. The Kier molecular flexibility index (Phi) is 10.6. The Morgan fingerprint density at radius 2 is 1.73 bits per heavy atom. The van der Waals surface area contributed by atoms with Crippen LogP contribution in [0.3, 0.4) is 0 Å². The average Bonchev–Trinajstić information content (AvgIpc) is 3.22. The van der Waals surface area contributed by atoms with E-state index in [1.54, 1.807) is 50.2 Å². The number of hydrogen-bond acceptors (Lipinski definition) is 8. The number of rotatable bonds is 14. The van der Waals surface area contributed by atoms with E-state index >= 15 is 0 Å². The fourth-order valence-corrected chi connectivity index (χ4v) is 6.43. The fourth-order valence-electron chi connectivity index (χ4n) is 3.97. The van der Waals surface area contributed by atoms with E-state index in [4.69, 9.17) is 13.4 Å². The van der Waals surface area contributed by atoms with Gasteiger partial charge >= 0.3 is 0 Å². The number of sulfonamides is 1. The van der Waals surface area contributed by atoms with Crippen molar-refractivity contribution in [3.8, 4) is 11.1 Å². The molecule has 3 rings (SSSR count). The Morgan fingerprint density at radius 3 is 2.32 bits per heavy atom. The summed E-state index contributed by atoms with van der Waals surface area (Å²) >= 11 is 0. The molecule has 0 fully saturated rings. The van der Waals surface area contributed by atoms with Gasteiger partial charge < -0.3 is 9.26 Å². The number of anilines is 1. The van der Waals surface area contributed by atoms with Gasteiger partial charge in [-0.1, -0.05) is 61.2 Å². The van der Waals surface area contributed by atoms with Gasteiger partial charge in [-0.05, 0) is 56.4 Å². The van der Waals surface area contributed by atoms with Crippen LogP contribution in [0.25, 0.3) is 11.1 Å². The van der Waals surface area contributed by atoms with E-state index in [1.165, 1.54) is 6.07 Å². The summed E-state index contributed by atoms with van der Waals surface area (Å²) in [4.78, 5) is 0.0133. The van der Waals surface area contributed by atoms with Gasteiger partial charge in [-0.2, -0.15) is 8.42 Å². The zero-order chi connectivity index (χ0) is 30.6. The van der Waals surface area contributed by atoms with Crippen molar-refractivity contribution < 1.29 is 34.7 Å². The topological polar surface area (TPSA) is 116 Å². The van der Waals surface area contributed by atoms with E-state index in [0.717, 1.165) is 10.6 Å². The second kappa shape index (κ2) is 13.2. The lowest BCUT2D eigenvalue weighted by atomic mass is 9.95. The summed E-state index contributed by atoms with van der Waals surface area (Å²) in [6.45, 7) is 10.8. The lowest BCUT2D eigenvalue weighted by Gasteiger charge is -2.29. The summed E-state index contributed by atoms with van der Waals surface area (Å²) in [6, 6.07) is 11.7. The molecule has 9 nitrogen and oxygen atoms in total. The molecular formula is C28H39FN2O7S2Si. The van der Waals surface area contributed by atoms with E-state index in [9.17, 15) is 21.2 Å². The molecule has 0 saturated heterocycles.